The molecule has 0 heterocycles. The molecule has 0 aliphatic heterocycles. The number of hydrogen-bond donors (Lipinski definition) is 3. The number of carbonyl (C=O) groups is 2. The minimum Gasteiger partial charge on any atom is -0.462 e. The zero-order valence-electron chi connectivity index (χ0n) is 42.1. The lowest BCUT2D eigenvalue weighted by atomic mass is 10.0. The summed E-state index contributed by atoms with van der Waals surface area (Å²) in [6, 6.07) is -0.718. The van der Waals surface area contributed by atoms with Crippen LogP contribution in [0.1, 0.15) is 258 Å². The summed E-state index contributed by atoms with van der Waals surface area (Å²) in [5, 5.41) is 23.7. The molecule has 370 valence electrons. The van der Waals surface area contributed by atoms with E-state index in [0.29, 0.717) is 19.3 Å². The summed E-state index contributed by atoms with van der Waals surface area (Å²) in [6.45, 7) is 6.42. The Hall–Kier alpha value is -2.70. The molecule has 6 nitrogen and oxygen atoms in total. The third-order valence-electron chi connectivity index (χ3n) is 12.1. The lowest BCUT2D eigenvalue weighted by molar-refractivity contribution is -0.151. The number of ether oxygens (including phenoxy) is 1. The topological polar surface area (TPSA) is 95.9 Å². The number of nitrogens with one attached hydrogen (secondary N) is 1. The molecule has 0 fully saturated rings. The highest BCUT2D eigenvalue weighted by atomic mass is 16.5. The van der Waals surface area contributed by atoms with Crippen LogP contribution in [-0.4, -0.2) is 46.9 Å². The smallest absolute Gasteiger partial charge is 0.306 e. The Bertz CT molecular complexity index is 1190. The Kier molecular flexibility index (Phi) is 49.1. The van der Waals surface area contributed by atoms with Crippen molar-refractivity contribution in [1.29, 1.82) is 0 Å². The van der Waals surface area contributed by atoms with Crippen molar-refractivity contribution in [3.05, 3.63) is 72.9 Å². The molecule has 0 rings (SSSR count). The largest absolute Gasteiger partial charge is 0.462 e. The minimum atomic E-state index is -0.801. The van der Waals surface area contributed by atoms with Gasteiger partial charge in [0.05, 0.1) is 25.2 Å². The maximum absolute atomic E-state index is 13.2. The van der Waals surface area contributed by atoms with Gasteiger partial charge in [-0.3, -0.25) is 9.59 Å². The van der Waals surface area contributed by atoms with Gasteiger partial charge in [0.25, 0.3) is 0 Å². The van der Waals surface area contributed by atoms with Crippen LogP contribution in [0.3, 0.4) is 0 Å². The number of hydrogen-bond acceptors (Lipinski definition) is 5. The van der Waals surface area contributed by atoms with E-state index in [1.807, 2.05) is 0 Å². The molecule has 0 saturated heterocycles. The summed E-state index contributed by atoms with van der Waals surface area (Å²) in [6.07, 6.45) is 65.3. The summed E-state index contributed by atoms with van der Waals surface area (Å²) in [5.74, 6) is -0.522. The van der Waals surface area contributed by atoms with Crippen LogP contribution < -0.4 is 5.32 Å². The van der Waals surface area contributed by atoms with Crippen molar-refractivity contribution >= 4 is 11.9 Å². The van der Waals surface area contributed by atoms with E-state index in [2.05, 4.69) is 99.0 Å². The van der Waals surface area contributed by atoms with E-state index in [0.717, 1.165) is 89.9 Å². The first-order valence-electron chi connectivity index (χ1n) is 27.2. The molecule has 0 aliphatic rings. The normalized spacial score (nSPS) is 13.8. The second kappa shape index (κ2) is 51.3. The van der Waals surface area contributed by atoms with E-state index < -0.39 is 18.2 Å². The van der Waals surface area contributed by atoms with E-state index in [1.165, 1.54) is 122 Å². The second-order valence-corrected chi connectivity index (χ2v) is 18.3. The predicted molar refractivity (Wildman–Crippen MR) is 278 cm³/mol. The van der Waals surface area contributed by atoms with Gasteiger partial charge in [-0.25, -0.2) is 0 Å². The highest BCUT2D eigenvalue weighted by Crippen LogP contribution is 2.17. The highest BCUT2D eigenvalue weighted by Gasteiger charge is 2.24. The molecule has 0 aromatic heterocycles. The Labute approximate surface area is 396 Å². The molecule has 0 spiro atoms. The minimum absolute atomic E-state index is 0.0471. The van der Waals surface area contributed by atoms with Gasteiger partial charge < -0.3 is 20.3 Å². The van der Waals surface area contributed by atoms with Gasteiger partial charge in [0.2, 0.25) is 5.91 Å². The fourth-order valence-electron chi connectivity index (χ4n) is 7.91. The molecule has 3 unspecified atom stereocenters. The van der Waals surface area contributed by atoms with Crippen LogP contribution in [0.5, 0.6) is 0 Å². The molecule has 0 bridgehead atoms. The van der Waals surface area contributed by atoms with Crippen molar-refractivity contribution in [3.8, 4) is 0 Å². The number of carbonyl (C=O) groups excluding carboxylic acids is 2. The Morgan fingerprint density at radius 3 is 1.38 bits per heavy atom. The van der Waals surface area contributed by atoms with Gasteiger partial charge in [-0.15, -0.1) is 0 Å². The van der Waals surface area contributed by atoms with Crippen molar-refractivity contribution in [2.45, 2.75) is 277 Å². The van der Waals surface area contributed by atoms with Gasteiger partial charge in [-0.2, -0.15) is 0 Å². The molecule has 1 amide bonds. The van der Waals surface area contributed by atoms with Crippen molar-refractivity contribution in [1.82, 2.24) is 5.32 Å². The van der Waals surface area contributed by atoms with Gasteiger partial charge >= 0.3 is 5.97 Å². The van der Waals surface area contributed by atoms with Crippen molar-refractivity contribution < 1.29 is 24.5 Å². The van der Waals surface area contributed by atoms with Gasteiger partial charge in [0.15, 0.2) is 0 Å². The van der Waals surface area contributed by atoms with Crippen molar-refractivity contribution in [3.63, 3.8) is 0 Å². The van der Waals surface area contributed by atoms with Crippen molar-refractivity contribution in [2.75, 3.05) is 6.61 Å². The molecule has 0 aliphatic carbocycles. The third-order valence-corrected chi connectivity index (χ3v) is 12.1. The first-order chi connectivity index (χ1) is 31.5. The number of allylic oxidation sites excluding steroid dienone is 12. The molecule has 3 atom stereocenters. The summed E-state index contributed by atoms with van der Waals surface area (Å²) in [4.78, 5) is 26.2. The summed E-state index contributed by atoms with van der Waals surface area (Å²) in [7, 11) is 0. The second-order valence-electron chi connectivity index (χ2n) is 18.3. The third kappa shape index (κ3) is 45.9. The van der Waals surface area contributed by atoms with Crippen LogP contribution in [-0.2, 0) is 14.3 Å². The van der Waals surface area contributed by atoms with Crippen LogP contribution in [0.15, 0.2) is 72.9 Å². The zero-order chi connectivity index (χ0) is 46.7. The molecule has 0 aromatic carbocycles. The first-order valence-corrected chi connectivity index (χ1v) is 27.2. The van der Waals surface area contributed by atoms with E-state index >= 15 is 0 Å². The molecule has 0 aromatic rings. The van der Waals surface area contributed by atoms with E-state index in [-0.39, 0.29) is 24.9 Å². The molecule has 0 radical (unpaired) electrons. The Morgan fingerprint density at radius 1 is 0.469 bits per heavy atom. The number of aliphatic hydroxyl groups excluding tert-OH is 2. The van der Waals surface area contributed by atoms with Gasteiger partial charge in [0, 0.05) is 6.42 Å². The van der Waals surface area contributed by atoms with E-state index in [9.17, 15) is 19.8 Å². The van der Waals surface area contributed by atoms with E-state index in [1.54, 1.807) is 0 Å². The molecule has 64 heavy (non-hydrogen) atoms. The van der Waals surface area contributed by atoms with Crippen LogP contribution >= 0.6 is 0 Å². The van der Waals surface area contributed by atoms with Crippen LogP contribution in [0, 0.1) is 0 Å². The first kappa shape index (κ1) is 61.3. The number of aliphatic hydroxyl groups is 2. The van der Waals surface area contributed by atoms with Gasteiger partial charge in [0.1, 0.15) is 6.10 Å². The number of unbranched alkanes of at least 4 members (excludes halogenated alkanes) is 26. The highest BCUT2D eigenvalue weighted by molar-refractivity contribution is 5.77. The number of rotatable bonds is 48. The summed E-state index contributed by atoms with van der Waals surface area (Å²) >= 11 is 0. The quantitative estimate of drug-likeness (QED) is 0.0245. The maximum Gasteiger partial charge on any atom is 0.306 e. The number of esters is 1. The molecule has 3 N–H and O–H groups in total. The fraction of sp³-hybridized carbons (Fsp3) is 0.759. The van der Waals surface area contributed by atoms with Gasteiger partial charge in [-0.05, 0) is 89.9 Å². The Morgan fingerprint density at radius 2 is 0.859 bits per heavy atom. The van der Waals surface area contributed by atoms with Crippen LogP contribution in [0.2, 0.25) is 0 Å². The molecule has 0 saturated carbocycles. The lowest BCUT2D eigenvalue weighted by Crippen LogP contribution is -2.46. The average molecular weight is 894 g/mol. The Balaban J connectivity index is 4.66. The van der Waals surface area contributed by atoms with Crippen LogP contribution in [0.4, 0.5) is 0 Å². The van der Waals surface area contributed by atoms with Gasteiger partial charge in [-0.1, -0.05) is 229 Å². The summed E-state index contributed by atoms with van der Waals surface area (Å²) in [5.41, 5.74) is 0. The molecule has 6 heteroatoms. The summed E-state index contributed by atoms with van der Waals surface area (Å²) < 4.78 is 5.93. The zero-order valence-corrected chi connectivity index (χ0v) is 42.1. The average Bonchev–Trinajstić information content (AvgIpc) is 3.29. The maximum atomic E-state index is 13.2. The predicted octanol–water partition coefficient (Wildman–Crippen LogP) is 16.6. The van der Waals surface area contributed by atoms with Crippen molar-refractivity contribution in [2.24, 2.45) is 0 Å². The SMILES string of the molecule is CCCCC/C=C\C/C=C\C/C=C\CCCCCCCCC(=O)OC(CCCCC/C=C/C=C/C=C/CCCCCCC)CC(=O)NC(CO)C(O)CCCCCCCCCCCC. The van der Waals surface area contributed by atoms with Crippen LogP contribution in [0.25, 0.3) is 0 Å². The van der Waals surface area contributed by atoms with E-state index in [4.69, 9.17) is 4.74 Å². The fourth-order valence-corrected chi connectivity index (χ4v) is 7.91. The lowest BCUT2D eigenvalue weighted by Gasteiger charge is -2.24. The molecular weight excluding hydrogens is 791 g/mol. The standard InChI is InChI=1S/C58H103NO5/c1-4-7-10-13-16-19-22-24-26-28-29-30-32-34-36-39-42-45-48-51-58(63)64-54(49-46-43-40-37-35-33-31-27-25-23-20-17-14-11-8-5-2)52-57(62)59-55(53-60)56(61)50-47-44-41-38-21-18-15-12-9-6-3/h16,19,23-27,29-31,33,35,54-56,60-61H,4-15,17-18,20-22,28,32,34,36-53H2,1-3H3,(H,59,62)/b19-16-,25-23+,26-24-,30-29-,31-27+,35-33+. The monoisotopic (exact) mass is 894 g/mol. The number of amides is 1. The molecular formula is C58H103NO5.